The molecule has 1 atom stereocenters. The molecule has 1 saturated heterocycles. The van der Waals surface area contributed by atoms with Crippen molar-refractivity contribution in [1.82, 2.24) is 15.1 Å². The zero-order valence-corrected chi connectivity index (χ0v) is 17.0. The highest BCUT2D eigenvalue weighted by atomic mass is 35.5. The van der Waals surface area contributed by atoms with E-state index < -0.39 is 35.6 Å². The quantitative estimate of drug-likeness (QED) is 0.646. The van der Waals surface area contributed by atoms with Crippen LogP contribution in [0.25, 0.3) is 0 Å². The molecule has 11 heteroatoms. The van der Waals surface area contributed by atoms with Crippen molar-refractivity contribution in [3.8, 4) is 0 Å². The molecule has 2 aromatic rings. The summed E-state index contributed by atoms with van der Waals surface area (Å²) < 4.78 is 27.2. The molecule has 1 heterocycles. The molecular weight excluding hydrogens is 432 g/mol. The standard InChI is InChI=1S/C20H20ClF2N5O3/c21-13-2-1-3-16(10-13)26-20(31)28-7-6-27(18(28)17(29)25-5-4-24)19(30)12-8-14(22)11-15(23)9-12/h1-3,8-11,18H,4-7,24H2,(H,25,29)(H,26,31). The molecule has 4 amide bonds. The molecule has 0 saturated carbocycles. The Hall–Kier alpha value is -3.24. The van der Waals surface area contributed by atoms with E-state index in [1.54, 1.807) is 18.2 Å². The van der Waals surface area contributed by atoms with Crippen LogP contribution in [0.2, 0.25) is 5.02 Å². The third kappa shape index (κ3) is 5.28. The molecule has 3 rings (SSSR count). The van der Waals surface area contributed by atoms with Crippen molar-refractivity contribution in [3.05, 3.63) is 64.7 Å². The fourth-order valence-electron chi connectivity index (χ4n) is 3.23. The Bertz CT molecular complexity index is 986. The third-order valence-electron chi connectivity index (χ3n) is 4.56. The van der Waals surface area contributed by atoms with Gasteiger partial charge in [-0.1, -0.05) is 17.7 Å². The molecular formula is C20H20ClF2N5O3. The molecule has 0 aliphatic carbocycles. The van der Waals surface area contributed by atoms with Gasteiger partial charge < -0.3 is 21.3 Å². The molecule has 0 bridgehead atoms. The van der Waals surface area contributed by atoms with Crippen molar-refractivity contribution < 1.29 is 23.2 Å². The van der Waals surface area contributed by atoms with Gasteiger partial charge in [0, 0.05) is 48.5 Å². The van der Waals surface area contributed by atoms with Gasteiger partial charge in [-0.15, -0.1) is 0 Å². The summed E-state index contributed by atoms with van der Waals surface area (Å²) in [5.41, 5.74) is 5.55. The maximum Gasteiger partial charge on any atom is 0.323 e. The van der Waals surface area contributed by atoms with Gasteiger partial charge in [-0.25, -0.2) is 13.6 Å². The fraction of sp³-hybridized carbons (Fsp3) is 0.250. The predicted molar refractivity (Wildman–Crippen MR) is 110 cm³/mol. The summed E-state index contributed by atoms with van der Waals surface area (Å²) in [5.74, 6) is -3.29. The first-order chi connectivity index (χ1) is 14.8. The summed E-state index contributed by atoms with van der Waals surface area (Å²) in [6, 6.07) is 8.15. The third-order valence-corrected chi connectivity index (χ3v) is 4.79. The Morgan fingerprint density at radius 1 is 1.06 bits per heavy atom. The van der Waals surface area contributed by atoms with E-state index in [4.69, 9.17) is 17.3 Å². The first-order valence-electron chi connectivity index (χ1n) is 9.38. The van der Waals surface area contributed by atoms with E-state index in [1.807, 2.05) is 0 Å². The second-order valence-electron chi connectivity index (χ2n) is 6.74. The minimum absolute atomic E-state index is 0.0133. The highest BCUT2D eigenvalue weighted by Gasteiger charge is 2.43. The van der Waals surface area contributed by atoms with Crippen LogP contribution in [0.15, 0.2) is 42.5 Å². The number of carbonyl (C=O) groups is 3. The smallest absolute Gasteiger partial charge is 0.323 e. The van der Waals surface area contributed by atoms with Crippen LogP contribution in [0.4, 0.5) is 19.3 Å². The summed E-state index contributed by atoms with van der Waals surface area (Å²) in [5, 5.41) is 5.57. The van der Waals surface area contributed by atoms with E-state index >= 15 is 0 Å². The number of rotatable bonds is 5. The Labute approximate surface area is 181 Å². The van der Waals surface area contributed by atoms with Gasteiger partial charge in [-0.3, -0.25) is 14.5 Å². The molecule has 2 aromatic carbocycles. The first-order valence-corrected chi connectivity index (χ1v) is 9.76. The van der Waals surface area contributed by atoms with E-state index in [0.717, 1.165) is 21.9 Å². The molecule has 31 heavy (non-hydrogen) atoms. The normalized spacial score (nSPS) is 15.7. The molecule has 8 nitrogen and oxygen atoms in total. The average molecular weight is 452 g/mol. The van der Waals surface area contributed by atoms with E-state index in [-0.39, 0.29) is 31.7 Å². The topological polar surface area (TPSA) is 108 Å². The fourth-order valence-corrected chi connectivity index (χ4v) is 3.42. The highest BCUT2D eigenvalue weighted by molar-refractivity contribution is 6.30. The van der Waals surface area contributed by atoms with Crippen LogP contribution < -0.4 is 16.4 Å². The minimum Gasteiger partial charge on any atom is -0.351 e. The molecule has 0 radical (unpaired) electrons. The lowest BCUT2D eigenvalue weighted by Crippen LogP contribution is -2.55. The monoisotopic (exact) mass is 451 g/mol. The average Bonchev–Trinajstić information content (AvgIpc) is 3.16. The summed E-state index contributed by atoms with van der Waals surface area (Å²) in [4.78, 5) is 40.7. The SMILES string of the molecule is NCCNC(=O)C1N(C(=O)Nc2cccc(Cl)c2)CCN1C(=O)c1cc(F)cc(F)c1. The molecule has 1 unspecified atom stereocenters. The largest absolute Gasteiger partial charge is 0.351 e. The predicted octanol–water partition coefficient (Wildman–Crippen LogP) is 2.01. The Kier molecular flexibility index (Phi) is 7.03. The molecule has 0 spiro atoms. The molecule has 1 aliphatic rings. The van der Waals surface area contributed by atoms with E-state index in [1.165, 1.54) is 6.07 Å². The summed E-state index contributed by atoms with van der Waals surface area (Å²) >= 11 is 5.93. The van der Waals surface area contributed by atoms with Crippen LogP contribution in [0.3, 0.4) is 0 Å². The van der Waals surface area contributed by atoms with E-state index in [0.29, 0.717) is 16.8 Å². The van der Waals surface area contributed by atoms with Crippen LogP contribution >= 0.6 is 11.6 Å². The zero-order valence-electron chi connectivity index (χ0n) is 16.3. The number of hydrogen-bond acceptors (Lipinski definition) is 4. The summed E-state index contributed by atoms with van der Waals surface area (Å²) in [6.45, 7) is 0.281. The first kappa shape index (κ1) is 22.4. The lowest BCUT2D eigenvalue weighted by Gasteiger charge is -2.29. The van der Waals surface area contributed by atoms with E-state index in [9.17, 15) is 23.2 Å². The number of urea groups is 1. The van der Waals surface area contributed by atoms with Gasteiger partial charge in [-0.2, -0.15) is 0 Å². The number of amides is 4. The molecule has 164 valence electrons. The van der Waals surface area contributed by atoms with Gasteiger partial charge >= 0.3 is 6.03 Å². The zero-order chi connectivity index (χ0) is 22.5. The number of halogens is 3. The van der Waals surface area contributed by atoms with Gasteiger partial charge in [0.15, 0.2) is 6.17 Å². The van der Waals surface area contributed by atoms with Gasteiger partial charge in [0.25, 0.3) is 11.8 Å². The van der Waals surface area contributed by atoms with Gasteiger partial charge in [0.05, 0.1) is 0 Å². The second kappa shape index (κ2) is 9.71. The van der Waals surface area contributed by atoms with Crippen LogP contribution in [0.5, 0.6) is 0 Å². The van der Waals surface area contributed by atoms with Gasteiger partial charge in [-0.05, 0) is 30.3 Å². The van der Waals surface area contributed by atoms with Crippen molar-refractivity contribution in [3.63, 3.8) is 0 Å². The number of hydrogen-bond donors (Lipinski definition) is 3. The van der Waals surface area contributed by atoms with Gasteiger partial charge in [0.1, 0.15) is 11.6 Å². The lowest BCUT2D eigenvalue weighted by molar-refractivity contribution is -0.127. The maximum atomic E-state index is 13.6. The van der Waals surface area contributed by atoms with Crippen LogP contribution in [0.1, 0.15) is 10.4 Å². The van der Waals surface area contributed by atoms with Crippen molar-refractivity contribution in [2.45, 2.75) is 6.17 Å². The molecule has 1 fully saturated rings. The number of nitrogens with two attached hydrogens (primary N) is 1. The molecule has 1 aliphatic heterocycles. The molecule has 4 N–H and O–H groups in total. The Morgan fingerprint density at radius 2 is 1.74 bits per heavy atom. The maximum absolute atomic E-state index is 13.6. The van der Waals surface area contributed by atoms with Crippen molar-refractivity contribution >= 4 is 35.1 Å². The summed E-state index contributed by atoms with van der Waals surface area (Å²) in [7, 11) is 0. The van der Waals surface area contributed by atoms with Crippen LogP contribution in [-0.2, 0) is 4.79 Å². The van der Waals surface area contributed by atoms with Crippen molar-refractivity contribution in [2.75, 3.05) is 31.5 Å². The van der Waals surface area contributed by atoms with Crippen molar-refractivity contribution in [2.24, 2.45) is 5.73 Å². The minimum atomic E-state index is -1.33. The van der Waals surface area contributed by atoms with E-state index in [2.05, 4.69) is 10.6 Å². The van der Waals surface area contributed by atoms with Crippen LogP contribution in [-0.4, -0.2) is 60.0 Å². The van der Waals surface area contributed by atoms with Crippen LogP contribution in [0, 0.1) is 11.6 Å². The van der Waals surface area contributed by atoms with Gasteiger partial charge in [0.2, 0.25) is 0 Å². The highest BCUT2D eigenvalue weighted by Crippen LogP contribution is 2.22. The number of benzene rings is 2. The van der Waals surface area contributed by atoms with Crippen molar-refractivity contribution in [1.29, 1.82) is 0 Å². The Balaban J connectivity index is 1.86. The molecule has 0 aromatic heterocycles. The number of nitrogens with one attached hydrogen (secondary N) is 2. The summed E-state index contributed by atoms with van der Waals surface area (Å²) in [6.07, 6.45) is -1.33. The lowest BCUT2D eigenvalue weighted by atomic mass is 10.2. The second-order valence-corrected chi connectivity index (χ2v) is 7.18. The Morgan fingerprint density at radius 3 is 2.39 bits per heavy atom. The number of anilines is 1. The number of nitrogens with zero attached hydrogens (tertiary/aromatic N) is 2. The number of carbonyl (C=O) groups excluding carboxylic acids is 3.